The standard InChI is InChI=1S/C10H11NO4/c12-9-4-7(10(13)14)5-11(9)6-8-2-1-3-15-8/h1-3,7H,4-6H2,(H,13,14)/p-1/t7-/m1/s1. The number of aliphatic carboxylic acids is 1. The molecule has 0 aliphatic carbocycles. The van der Waals surface area contributed by atoms with Crippen molar-refractivity contribution >= 4 is 11.9 Å². The highest BCUT2D eigenvalue weighted by atomic mass is 16.4. The van der Waals surface area contributed by atoms with Gasteiger partial charge in [-0.1, -0.05) is 0 Å². The Hall–Kier alpha value is -1.78. The van der Waals surface area contributed by atoms with Crippen molar-refractivity contribution in [3.8, 4) is 0 Å². The van der Waals surface area contributed by atoms with Crippen molar-refractivity contribution in [3.05, 3.63) is 24.2 Å². The van der Waals surface area contributed by atoms with E-state index in [1.54, 1.807) is 12.1 Å². The lowest BCUT2D eigenvalue weighted by molar-refractivity contribution is -0.311. The first kappa shape index (κ1) is 9.76. The number of carbonyl (C=O) groups excluding carboxylic acids is 2. The molecule has 5 nitrogen and oxygen atoms in total. The Morgan fingerprint density at radius 3 is 3.00 bits per heavy atom. The number of hydrogen-bond acceptors (Lipinski definition) is 4. The van der Waals surface area contributed by atoms with Crippen LogP contribution in [0.1, 0.15) is 12.2 Å². The van der Waals surface area contributed by atoms with Crippen LogP contribution in [0.3, 0.4) is 0 Å². The number of hydrogen-bond donors (Lipinski definition) is 0. The number of furan rings is 1. The van der Waals surface area contributed by atoms with Gasteiger partial charge in [-0.15, -0.1) is 0 Å². The lowest BCUT2D eigenvalue weighted by Gasteiger charge is -2.15. The Labute approximate surface area is 86.3 Å². The molecule has 0 bridgehead atoms. The van der Waals surface area contributed by atoms with Crippen molar-refractivity contribution in [2.75, 3.05) is 6.54 Å². The zero-order chi connectivity index (χ0) is 10.8. The first-order valence-electron chi connectivity index (χ1n) is 4.68. The van der Waals surface area contributed by atoms with Crippen LogP contribution in [0.5, 0.6) is 0 Å². The molecule has 0 saturated carbocycles. The molecule has 0 aromatic carbocycles. The first-order valence-corrected chi connectivity index (χ1v) is 4.68. The van der Waals surface area contributed by atoms with Gasteiger partial charge in [0.15, 0.2) is 0 Å². The van der Waals surface area contributed by atoms with Gasteiger partial charge in [0.05, 0.1) is 12.8 Å². The molecule has 15 heavy (non-hydrogen) atoms. The molecule has 0 spiro atoms. The minimum Gasteiger partial charge on any atom is -0.550 e. The molecule has 80 valence electrons. The molecule has 1 aromatic heterocycles. The number of carboxylic acids is 1. The smallest absolute Gasteiger partial charge is 0.223 e. The molecule has 2 rings (SSSR count). The normalized spacial score (nSPS) is 20.9. The van der Waals surface area contributed by atoms with Crippen molar-refractivity contribution in [3.63, 3.8) is 0 Å². The lowest BCUT2D eigenvalue weighted by Crippen LogP contribution is -2.33. The number of carboxylic acid groups (broad SMARTS) is 1. The summed E-state index contributed by atoms with van der Waals surface area (Å²) in [4.78, 5) is 23.5. The molecule has 1 aliphatic rings. The zero-order valence-corrected chi connectivity index (χ0v) is 8.01. The average Bonchev–Trinajstić information content (AvgIpc) is 2.77. The minimum atomic E-state index is -1.16. The van der Waals surface area contributed by atoms with E-state index in [-0.39, 0.29) is 18.9 Å². The van der Waals surface area contributed by atoms with Crippen molar-refractivity contribution < 1.29 is 19.1 Å². The van der Waals surface area contributed by atoms with Crippen LogP contribution in [0.2, 0.25) is 0 Å². The van der Waals surface area contributed by atoms with Crippen LogP contribution in [0.15, 0.2) is 22.8 Å². The summed E-state index contributed by atoms with van der Waals surface area (Å²) in [6, 6.07) is 3.48. The van der Waals surface area contributed by atoms with Gasteiger partial charge in [-0.2, -0.15) is 0 Å². The Bertz CT molecular complexity index is 371. The molecular weight excluding hydrogens is 198 g/mol. The molecule has 1 fully saturated rings. The Morgan fingerprint density at radius 1 is 1.67 bits per heavy atom. The summed E-state index contributed by atoms with van der Waals surface area (Å²) in [5.74, 6) is -1.36. The number of carbonyl (C=O) groups is 2. The van der Waals surface area contributed by atoms with E-state index in [2.05, 4.69) is 0 Å². The maximum absolute atomic E-state index is 11.4. The van der Waals surface area contributed by atoms with Crippen molar-refractivity contribution in [2.24, 2.45) is 5.92 Å². The second-order valence-corrected chi connectivity index (χ2v) is 3.57. The van der Waals surface area contributed by atoms with E-state index in [9.17, 15) is 14.7 Å². The van der Waals surface area contributed by atoms with Crippen LogP contribution in [-0.4, -0.2) is 23.3 Å². The number of likely N-dealkylation sites (tertiary alicyclic amines) is 1. The topological polar surface area (TPSA) is 73.6 Å². The predicted octanol–water partition coefficient (Wildman–Crippen LogP) is -0.622. The summed E-state index contributed by atoms with van der Waals surface area (Å²) < 4.78 is 5.08. The maximum atomic E-state index is 11.4. The van der Waals surface area contributed by atoms with Crippen LogP contribution in [0.25, 0.3) is 0 Å². The lowest BCUT2D eigenvalue weighted by atomic mass is 10.1. The summed E-state index contributed by atoms with van der Waals surface area (Å²) in [5, 5.41) is 10.6. The highest BCUT2D eigenvalue weighted by Crippen LogP contribution is 2.19. The molecule has 1 saturated heterocycles. The minimum absolute atomic E-state index is 0.0308. The van der Waals surface area contributed by atoms with Gasteiger partial charge in [-0.3, -0.25) is 4.79 Å². The Morgan fingerprint density at radius 2 is 2.47 bits per heavy atom. The summed E-state index contributed by atoms with van der Waals surface area (Å²) in [6.07, 6.45) is 1.55. The van der Waals surface area contributed by atoms with Gasteiger partial charge in [0.1, 0.15) is 5.76 Å². The summed E-state index contributed by atoms with van der Waals surface area (Å²) in [5.41, 5.74) is 0. The van der Waals surface area contributed by atoms with Gasteiger partial charge in [-0.05, 0) is 12.1 Å². The van der Waals surface area contributed by atoms with E-state index in [4.69, 9.17) is 4.42 Å². The fourth-order valence-corrected chi connectivity index (χ4v) is 1.67. The SMILES string of the molecule is O=C([O-])[C@@H]1CC(=O)N(Cc2ccco2)C1. The third-order valence-corrected chi connectivity index (χ3v) is 2.47. The van der Waals surface area contributed by atoms with Crippen molar-refractivity contribution in [2.45, 2.75) is 13.0 Å². The fraction of sp³-hybridized carbons (Fsp3) is 0.400. The predicted molar refractivity (Wildman–Crippen MR) is 47.2 cm³/mol. The molecule has 0 radical (unpaired) electrons. The van der Waals surface area contributed by atoms with E-state index in [0.717, 1.165) is 0 Å². The molecule has 2 heterocycles. The summed E-state index contributed by atoms with van der Waals surface area (Å²) in [6.45, 7) is 0.539. The number of nitrogens with zero attached hydrogens (tertiary/aromatic N) is 1. The largest absolute Gasteiger partial charge is 0.550 e. The second-order valence-electron chi connectivity index (χ2n) is 3.57. The third-order valence-electron chi connectivity index (χ3n) is 2.47. The van der Waals surface area contributed by atoms with Gasteiger partial charge >= 0.3 is 0 Å². The molecule has 1 atom stereocenters. The monoisotopic (exact) mass is 208 g/mol. The molecule has 1 amide bonds. The van der Waals surface area contributed by atoms with Crippen molar-refractivity contribution in [1.82, 2.24) is 4.90 Å². The van der Waals surface area contributed by atoms with Crippen LogP contribution in [-0.2, 0) is 16.1 Å². The fourth-order valence-electron chi connectivity index (χ4n) is 1.67. The van der Waals surface area contributed by atoms with Crippen molar-refractivity contribution in [1.29, 1.82) is 0 Å². The van der Waals surface area contributed by atoms with E-state index in [0.29, 0.717) is 12.3 Å². The molecule has 1 aliphatic heterocycles. The van der Waals surface area contributed by atoms with E-state index in [1.165, 1.54) is 11.2 Å². The van der Waals surface area contributed by atoms with Gasteiger partial charge < -0.3 is 19.2 Å². The van der Waals surface area contributed by atoms with Crippen LogP contribution < -0.4 is 5.11 Å². The third kappa shape index (κ3) is 2.01. The average molecular weight is 208 g/mol. The molecule has 0 unspecified atom stereocenters. The second kappa shape index (κ2) is 3.76. The molecule has 5 heteroatoms. The first-order chi connectivity index (χ1) is 7.16. The Kier molecular flexibility index (Phi) is 2.45. The summed E-state index contributed by atoms with van der Waals surface area (Å²) >= 11 is 0. The highest BCUT2D eigenvalue weighted by Gasteiger charge is 2.30. The van der Waals surface area contributed by atoms with Crippen LogP contribution >= 0.6 is 0 Å². The number of rotatable bonds is 3. The summed E-state index contributed by atoms with van der Waals surface area (Å²) in [7, 11) is 0. The number of amides is 1. The molecule has 1 aromatic rings. The highest BCUT2D eigenvalue weighted by molar-refractivity contribution is 5.85. The van der Waals surface area contributed by atoms with Crippen LogP contribution in [0, 0.1) is 5.92 Å². The van der Waals surface area contributed by atoms with E-state index < -0.39 is 11.9 Å². The molecule has 0 N–H and O–H groups in total. The molecular formula is C10H10NO4-. The zero-order valence-electron chi connectivity index (χ0n) is 8.01. The Balaban J connectivity index is 2.00. The van der Waals surface area contributed by atoms with Gasteiger partial charge in [-0.25, -0.2) is 0 Å². The maximum Gasteiger partial charge on any atom is 0.223 e. The quantitative estimate of drug-likeness (QED) is 0.663. The van der Waals surface area contributed by atoms with E-state index >= 15 is 0 Å². The van der Waals surface area contributed by atoms with E-state index in [1.807, 2.05) is 0 Å². The van der Waals surface area contributed by atoms with Gasteiger partial charge in [0.25, 0.3) is 0 Å². The van der Waals surface area contributed by atoms with Gasteiger partial charge in [0, 0.05) is 24.9 Å². The van der Waals surface area contributed by atoms with Gasteiger partial charge in [0.2, 0.25) is 5.91 Å². The van der Waals surface area contributed by atoms with Crippen LogP contribution in [0.4, 0.5) is 0 Å².